The molecule has 0 spiro atoms. The number of hydrogen-bond donors (Lipinski definition) is 1. The first-order valence-corrected chi connectivity index (χ1v) is 6.01. The van der Waals surface area contributed by atoms with Crippen molar-refractivity contribution in [3.63, 3.8) is 0 Å². The van der Waals surface area contributed by atoms with E-state index in [9.17, 15) is 8.42 Å². The van der Waals surface area contributed by atoms with Crippen molar-refractivity contribution in [2.75, 3.05) is 5.75 Å². The third kappa shape index (κ3) is 3.54. The lowest BCUT2D eigenvalue weighted by atomic mass is 10.4. The van der Waals surface area contributed by atoms with E-state index in [-0.39, 0.29) is 11.5 Å². The SMILES string of the molecule is CCCCS(=O)(=O)Cc1ncn[nH]1. The predicted octanol–water partition coefficient (Wildman–Crippen LogP) is 0.520. The standard InChI is InChI=1S/C7H13N3O2S/c1-2-3-4-13(11,12)5-7-8-6-9-10-7/h6H,2-5H2,1H3,(H,8,9,10). The zero-order valence-electron chi connectivity index (χ0n) is 7.52. The molecule has 74 valence electrons. The van der Waals surface area contributed by atoms with Gasteiger partial charge in [0.15, 0.2) is 9.84 Å². The van der Waals surface area contributed by atoms with Crippen molar-refractivity contribution in [3.05, 3.63) is 12.2 Å². The topological polar surface area (TPSA) is 75.7 Å². The molecule has 1 aromatic rings. The minimum atomic E-state index is -3.00. The molecular formula is C7H13N3O2S. The summed E-state index contributed by atoms with van der Waals surface area (Å²) in [6.07, 6.45) is 2.90. The van der Waals surface area contributed by atoms with E-state index >= 15 is 0 Å². The molecule has 0 aliphatic heterocycles. The molecule has 6 heteroatoms. The fourth-order valence-corrected chi connectivity index (χ4v) is 2.37. The summed E-state index contributed by atoms with van der Waals surface area (Å²) < 4.78 is 22.7. The Morgan fingerprint density at radius 3 is 2.85 bits per heavy atom. The van der Waals surface area contributed by atoms with Crippen LogP contribution in [-0.4, -0.2) is 29.4 Å². The van der Waals surface area contributed by atoms with Gasteiger partial charge in [-0.05, 0) is 6.42 Å². The van der Waals surface area contributed by atoms with Crippen molar-refractivity contribution in [3.8, 4) is 0 Å². The van der Waals surface area contributed by atoms with Gasteiger partial charge >= 0.3 is 0 Å². The number of unbranched alkanes of at least 4 members (excludes halogenated alkanes) is 1. The summed E-state index contributed by atoms with van der Waals surface area (Å²) in [5.41, 5.74) is 0. The fourth-order valence-electron chi connectivity index (χ4n) is 0.945. The fraction of sp³-hybridized carbons (Fsp3) is 0.714. The lowest BCUT2D eigenvalue weighted by Gasteiger charge is -1.99. The molecule has 0 atom stereocenters. The first kappa shape index (κ1) is 10.2. The molecule has 0 saturated carbocycles. The summed E-state index contributed by atoms with van der Waals surface area (Å²) in [5, 5.41) is 6.12. The van der Waals surface area contributed by atoms with E-state index in [1.165, 1.54) is 6.33 Å². The molecule has 0 aliphatic rings. The van der Waals surface area contributed by atoms with E-state index in [2.05, 4.69) is 15.2 Å². The van der Waals surface area contributed by atoms with Gasteiger partial charge in [0.1, 0.15) is 17.9 Å². The monoisotopic (exact) mass is 203 g/mol. The van der Waals surface area contributed by atoms with Crippen LogP contribution >= 0.6 is 0 Å². The molecule has 0 bridgehead atoms. The van der Waals surface area contributed by atoms with E-state index in [0.717, 1.165) is 6.42 Å². The van der Waals surface area contributed by atoms with Crippen LogP contribution in [0.4, 0.5) is 0 Å². The highest BCUT2D eigenvalue weighted by atomic mass is 32.2. The highest BCUT2D eigenvalue weighted by molar-refractivity contribution is 7.90. The normalized spacial score (nSPS) is 11.8. The molecule has 1 rings (SSSR count). The van der Waals surface area contributed by atoms with Gasteiger partial charge in [-0.15, -0.1) is 0 Å². The van der Waals surface area contributed by atoms with Crippen LogP contribution in [0.3, 0.4) is 0 Å². The number of nitrogens with zero attached hydrogens (tertiary/aromatic N) is 2. The van der Waals surface area contributed by atoms with E-state index < -0.39 is 9.84 Å². The first-order chi connectivity index (χ1) is 6.14. The summed E-state index contributed by atoms with van der Waals surface area (Å²) >= 11 is 0. The quantitative estimate of drug-likeness (QED) is 0.757. The Bertz CT molecular complexity index is 331. The van der Waals surface area contributed by atoms with Gasteiger partial charge in [0.05, 0.1) is 5.75 Å². The predicted molar refractivity (Wildman–Crippen MR) is 48.8 cm³/mol. The van der Waals surface area contributed by atoms with E-state index in [1.807, 2.05) is 6.92 Å². The molecule has 0 radical (unpaired) electrons. The summed E-state index contributed by atoms with van der Waals surface area (Å²) in [6.45, 7) is 1.96. The maximum absolute atomic E-state index is 11.4. The van der Waals surface area contributed by atoms with Crippen LogP contribution in [0.2, 0.25) is 0 Å². The van der Waals surface area contributed by atoms with Crippen molar-refractivity contribution in [1.29, 1.82) is 0 Å². The van der Waals surface area contributed by atoms with Gasteiger partial charge in [0.25, 0.3) is 0 Å². The van der Waals surface area contributed by atoms with Gasteiger partial charge in [-0.3, -0.25) is 5.10 Å². The maximum atomic E-state index is 11.4. The van der Waals surface area contributed by atoms with Crippen molar-refractivity contribution in [2.24, 2.45) is 0 Å². The van der Waals surface area contributed by atoms with Crippen LogP contribution in [0.5, 0.6) is 0 Å². The highest BCUT2D eigenvalue weighted by Gasteiger charge is 2.12. The second-order valence-electron chi connectivity index (χ2n) is 2.88. The van der Waals surface area contributed by atoms with Gasteiger partial charge in [-0.2, -0.15) is 5.10 Å². The number of nitrogens with one attached hydrogen (secondary N) is 1. The Kier molecular flexibility index (Phi) is 3.41. The van der Waals surface area contributed by atoms with Crippen LogP contribution in [-0.2, 0) is 15.6 Å². The lowest BCUT2D eigenvalue weighted by molar-refractivity contribution is 0.590. The number of H-pyrrole nitrogens is 1. The van der Waals surface area contributed by atoms with E-state index in [1.54, 1.807) is 0 Å². The van der Waals surface area contributed by atoms with Gasteiger partial charge in [-0.1, -0.05) is 13.3 Å². The molecule has 0 amide bonds. The van der Waals surface area contributed by atoms with Gasteiger partial charge in [0.2, 0.25) is 0 Å². The van der Waals surface area contributed by atoms with Crippen molar-refractivity contribution in [2.45, 2.75) is 25.5 Å². The lowest BCUT2D eigenvalue weighted by Crippen LogP contribution is -2.10. The molecule has 1 heterocycles. The summed E-state index contributed by atoms with van der Waals surface area (Å²) in [7, 11) is -3.00. The molecule has 5 nitrogen and oxygen atoms in total. The molecule has 1 N–H and O–H groups in total. The molecule has 13 heavy (non-hydrogen) atoms. The Labute approximate surface area is 77.5 Å². The van der Waals surface area contributed by atoms with Gasteiger partial charge < -0.3 is 0 Å². The molecule has 0 aromatic carbocycles. The Balaban J connectivity index is 2.53. The number of aromatic amines is 1. The van der Waals surface area contributed by atoms with Crippen LogP contribution in [0.1, 0.15) is 25.6 Å². The zero-order chi connectivity index (χ0) is 9.73. The molecule has 0 unspecified atom stereocenters. The third-order valence-electron chi connectivity index (χ3n) is 1.63. The van der Waals surface area contributed by atoms with E-state index in [4.69, 9.17) is 0 Å². The largest absolute Gasteiger partial charge is 0.262 e. The van der Waals surface area contributed by atoms with Crippen molar-refractivity contribution in [1.82, 2.24) is 15.2 Å². The van der Waals surface area contributed by atoms with E-state index in [0.29, 0.717) is 12.2 Å². The summed E-state index contributed by atoms with van der Waals surface area (Å²) in [5.74, 6) is 0.605. The Morgan fingerprint density at radius 2 is 2.31 bits per heavy atom. The maximum Gasteiger partial charge on any atom is 0.157 e. The molecule has 0 fully saturated rings. The zero-order valence-corrected chi connectivity index (χ0v) is 8.34. The van der Waals surface area contributed by atoms with Gasteiger partial charge in [0, 0.05) is 0 Å². The van der Waals surface area contributed by atoms with Crippen molar-refractivity contribution < 1.29 is 8.42 Å². The molecule has 0 saturated heterocycles. The molecule has 0 aliphatic carbocycles. The number of rotatable bonds is 5. The minimum absolute atomic E-state index is 0.0347. The molecular weight excluding hydrogens is 190 g/mol. The average Bonchev–Trinajstić information content (AvgIpc) is 2.52. The smallest absolute Gasteiger partial charge is 0.157 e. The van der Waals surface area contributed by atoms with Crippen molar-refractivity contribution >= 4 is 9.84 Å². The Hall–Kier alpha value is -0.910. The van der Waals surface area contributed by atoms with Crippen LogP contribution in [0.15, 0.2) is 6.33 Å². The first-order valence-electron chi connectivity index (χ1n) is 4.18. The Morgan fingerprint density at radius 1 is 1.54 bits per heavy atom. The molecule has 1 aromatic heterocycles. The second-order valence-corrected chi connectivity index (χ2v) is 5.06. The third-order valence-corrected chi connectivity index (χ3v) is 3.25. The number of sulfone groups is 1. The summed E-state index contributed by atoms with van der Waals surface area (Å²) in [6, 6.07) is 0. The average molecular weight is 203 g/mol. The van der Waals surface area contributed by atoms with Crippen LogP contribution in [0.25, 0.3) is 0 Å². The van der Waals surface area contributed by atoms with Crippen LogP contribution in [0, 0.1) is 0 Å². The summed E-state index contributed by atoms with van der Waals surface area (Å²) in [4.78, 5) is 3.76. The second kappa shape index (κ2) is 4.36. The number of aromatic nitrogens is 3. The minimum Gasteiger partial charge on any atom is -0.262 e. The number of hydrogen-bond acceptors (Lipinski definition) is 4. The highest BCUT2D eigenvalue weighted by Crippen LogP contribution is 2.02. The van der Waals surface area contributed by atoms with Gasteiger partial charge in [-0.25, -0.2) is 13.4 Å². The van der Waals surface area contributed by atoms with Crippen LogP contribution < -0.4 is 0 Å².